The third kappa shape index (κ3) is 1.20. The van der Waals surface area contributed by atoms with Gasteiger partial charge in [0.2, 0.25) is 0 Å². The predicted molar refractivity (Wildman–Crippen MR) is 31.8 cm³/mol. The molecule has 3 N–H and O–H groups in total. The van der Waals surface area contributed by atoms with Crippen LogP contribution in [0.1, 0.15) is 19.3 Å². The highest BCUT2D eigenvalue weighted by Crippen LogP contribution is 2.14. The van der Waals surface area contributed by atoms with Gasteiger partial charge in [0, 0.05) is 0 Å². The second kappa shape index (κ2) is 2.80. The highest BCUT2D eigenvalue weighted by Gasteiger charge is 2.21. The molecule has 4 nitrogen and oxygen atoms in total. The molecule has 0 spiro atoms. The maximum Gasteiger partial charge on any atom is 0.0763 e. The fourth-order valence-corrected chi connectivity index (χ4v) is 1.09. The molecule has 0 aliphatic heterocycles. The maximum absolute atomic E-state index is 8.43. The summed E-state index contributed by atoms with van der Waals surface area (Å²) in [5.74, 6) is 0. The van der Waals surface area contributed by atoms with Gasteiger partial charge in [-0.05, 0) is 19.3 Å². The molecule has 0 heterocycles. The van der Waals surface area contributed by atoms with Gasteiger partial charge in [0.1, 0.15) is 0 Å². The quantitative estimate of drug-likeness (QED) is 0.354. The summed E-state index contributed by atoms with van der Waals surface area (Å²) in [6.07, 6.45) is 2.63. The number of rotatable bonds is 1. The van der Waals surface area contributed by atoms with Gasteiger partial charge in [-0.3, -0.25) is 0 Å². The van der Waals surface area contributed by atoms with Gasteiger partial charge in [0.15, 0.2) is 0 Å². The van der Waals surface area contributed by atoms with Crippen LogP contribution in [-0.4, -0.2) is 22.2 Å². The Labute approximate surface area is 53.1 Å². The molecule has 52 valence electrons. The zero-order chi connectivity index (χ0) is 6.69. The summed E-state index contributed by atoms with van der Waals surface area (Å²) in [5.41, 5.74) is 2.72. The van der Waals surface area contributed by atoms with Crippen LogP contribution >= 0.6 is 0 Å². The fraction of sp³-hybridized carbons (Fsp3) is 0.800. The van der Waals surface area contributed by atoms with E-state index in [1.54, 1.807) is 0 Å². The Kier molecular flexibility index (Phi) is 2.02. The van der Waals surface area contributed by atoms with Crippen LogP contribution in [0.15, 0.2) is 5.16 Å². The average Bonchev–Trinajstić information content (AvgIpc) is 2.33. The van der Waals surface area contributed by atoms with E-state index >= 15 is 0 Å². The van der Waals surface area contributed by atoms with Crippen molar-refractivity contribution in [1.82, 2.24) is 5.48 Å². The number of nitrogens with zero attached hydrogens (tertiary/aromatic N) is 1. The van der Waals surface area contributed by atoms with Crippen LogP contribution < -0.4 is 5.48 Å². The van der Waals surface area contributed by atoms with Crippen molar-refractivity contribution in [2.24, 2.45) is 5.16 Å². The molecule has 0 radical (unpaired) electrons. The van der Waals surface area contributed by atoms with E-state index in [4.69, 9.17) is 10.4 Å². The van der Waals surface area contributed by atoms with E-state index in [0.29, 0.717) is 5.71 Å². The Bertz CT molecular complexity index is 124. The number of nitrogens with one attached hydrogen (secondary N) is 1. The minimum absolute atomic E-state index is 0.116. The van der Waals surface area contributed by atoms with E-state index < -0.39 is 0 Å². The van der Waals surface area contributed by atoms with E-state index in [-0.39, 0.29) is 6.04 Å². The normalized spacial score (nSPS) is 31.7. The molecule has 9 heavy (non-hydrogen) atoms. The van der Waals surface area contributed by atoms with Crippen molar-refractivity contribution in [3.8, 4) is 0 Å². The third-order valence-corrected chi connectivity index (χ3v) is 1.61. The highest BCUT2D eigenvalue weighted by molar-refractivity contribution is 5.90. The lowest BCUT2D eigenvalue weighted by Crippen LogP contribution is -2.29. The molecule has 0 aromatic rings. The van der Waals surface area contributed by atoms with Crippen LogP contribution in [0.3, 0.4) is 0 Å². The fourth-order valence-electron chi connectivity index (χ4n) is 1.09. The molecule has 1 fully saturated rings. The summed E-state index contributed by atoms with van der Waals surface area (Å²) in [7, 11) is 0. The molecule has 1 saturated carbocycles. The zero-order valence-electron chi connectivity index (χ0n) is 5.04. The summed E-state index contributed by atoms with van der Waals surface area (Å²) in [6.45, 7) is 0. The second-order valence-electron chi connectivity index (χ2n) is 2.17. The van der Waals surface area contributed by atoms with Gasteiger partial charge >= 0.3 is 0 Å². The van der Waals surface area contributed by atoms with Gasteiger partial charge in [0.05, 0.1) is 11.8 Å². The summed E-state index contributed by atoms with van der Waals surface area (Å²) < 4.78 is 0. The van der Waals surface area contributed by atoms with Crippen molar-refractivity contribution in [2.45, 2.75) is 25.3 Å². The van der Waals surface area contributed by atoms with Crippen LogP contribution in [0, 0.1) is 0 Å². The SMILES string of the molecule is O/N=C1\CCC[C@H]1NO. The van der Waals surface area contributed by atoms with Crippen molar-refractivity contribution >= 4 is 5.71 Å². The first-order valence-electron chi connectivity index (χ1n) is 2.99. The summed E-state index contributed by atoms with van der Waals surface area (Å²) in [5, 5.41) is 19.8. The summed E-state index contributed by atoms with van der Waals surface area (Å²) in [4.78, 5) is 0. The van der Waals surface area contributed by atoms with Gasteiger partial charge in [0.25, 0.3) is 0 Å². The lowest BCUT2D eigenvalue weighted by molar-refractivity contribution is 0.148. The third-order valence-electron chi connectivity index (χ3n) is 1.61. The molecule has 4 heteroatoms. The molecule has 0 unspecified atom stereocenters. The average molecular weight is 130 g/mol. The first kappa shape index (κ1) is 6.51. The van der Waals surface area contributed by atoms with Gasteiger partial charge in [-0.15, -0.1) is 0 Å². The van der Waals surface area contributed by atoms with Crippen LogP contribution in [0.4, 0.5) is 0 Å². The van der Waals surface area contributed by atoms with Gasteiger partial charge in [-0.1, -0.05) is 5.16 Å². The maximum atomic E-state index is 8.43. The van der Waals surface area contributed by atoms with Gasteiger partial charge < -0.3 is 10.4 Å². The van der Waals surface area contributed by atoms with Crippen LogP contribution in [0.5, 0.6) is 0 Å². The van der Waals surface area contributed by atoms with E-state index in [2.05, 4.69) is 10.6 Å². The molecular formula is C5H10N2O2. The highest BCUT2D eigenvalue weighted by atomic mass is 16.5. The topological polar surface area (TPSA) is 64.9 Å². The van der Waals surface area contributed by atoms with Crippen molar-refractivity contribution in [3.05, 3.63) is 0 Å². The molecule has 1 atom stereocenters. The minimum Gasteiger partial charge on any atom is -0.411 e. The predicted octanol–water partition coefficient (Wildman–Crippen LogP) is 0.348. The number of oxime groups is 1. The summed E-state index contributed by atoms with van der Waals surface area (Å²) in [6, 6.07) is -0.116. The zero-order valence-corrected chi connectivity index (χ0v) is 5.04. The van der Waals surface area contributed by atoms with Crippen LogP contribution in [-0.2, 0) is 0 Å². The van der Waals surface area contributed by atoms with Crippen molar-refractivity contribution in [2.75, 3.05) is 0 Å². The first-order chi connectivity index (χ1) is 4.38. The van der Waals surface area contributed by atoms with E-state index in [0.717, 1.165) is 19.3 Å². The van der Waals surface area contributed by atoms with Crippen molar-refractivity contribution in [3.63, 3.8) is 0 Å². The molecule has 0 bridgehead atoms. The van der Waals surface area contributed by atoms with Crippen molar-refractivity contribution in [1.29, 1.82) is 0 Å². The van der Waals surface area contributed by atoms with Gasteiger partial charge in [-0.25, -0.2) is 0 Å². The Balaban J connectivity index is 2.52. The monoisotopic (exact) mass is 130 g/mol. The van der Waals surface area contributed by atoms with E-state index in [1.807, 2.05) is 0 Å². The molecule has 0 saturated heterocycles. The van der Waals surface area contributed by atoms with Crippen LogP contribution in [0.25, 0.3) is 0 Å². The Morgan fingerprint density at radius 2 is 2.44 bits per heavy atom. The first-order valence-corrected chi connectivity index (χ1v) is 2.99. The van der Waals surface area contributed by atoms with Crippen LogP contribution in [0.2, 0.25) is 0 Å². The van der Waals surface area contributed by atoms with E-state index in [1.165, 1.54) is 0 Å². The number of hydrogen-bond donors (Lipinski definition) is 3. The molecular weight excluding hydrogens is 120 g/mol. The van der Waals surface area contributed by atoms with Gasteiger partial charge in [-0.2, -0.15) is 5.48 Å². The Morgan fingerprint density at radius 3 is 2.89 bits per heavy atom. The Hall–Kier alpha value is -0.610. The smallest absolute Gasteiger partial charge is 0.0763 e. The standard InChI is InChI=1S/C5H10N2O2/c8-6-4-2-1-3-5(4)7-9/h4,6,8-9H,1-3H2/b7-5+/t4-/m1/s1. The number of hydrogen-bond acceptors (Lipinski definition) is 4. The largest absolute Gasteiger partial charge is 0.411 e. The van der Waals surface area contributed by atoms with Crippen molar-refractivity contribution < 1.29 is 10.4 Å². The molecule has 0 amide bonds. The van der Waals surface area contributed by atoms with E-state index in [9.17, 15) is 0 Å². The molecule has 1 aliphatic rings. The molecule has 1 rings (SSSR count). The molecule has 0 aromatic heterocycles. The molecule has 1 aliphatic carbocycles. The minimum atomic E-state index is -0.116. The summed E-state index contributed by atoms with van der Waals surface area (Å²) >= 11 is 0. The number of hydroxylamine groups is 1. The lowest BCUT2D eigenvalue weighted by atomic mass is 10.2. The Morgan fingerprint density at radius 1 is 1.67 bits per heavy atom. The second-order valence-corrected chi connectivity index (χ2v) is 2.17. The molecule has 0 aromatic carbocycles. The lowest BCUT2D eigenvalue weighted by Gasteiger charge is -2.04.